The lowest BCUT2D eigenvalue weighted by Gasteiger charge is -1.99. The largest absolute Gasteiger partial charge is 0.507 e. The highest BCUT2D eigenvalue weighted by molar-refractivity contribution is 5.89. The summed E-state index contributed by atoms with van der Waals surface area (Å²) in [6.07, 6.45) is 0. The first-order valence-corrected chi connectivity index (χ1v) is 6.21. The lowest BCUT2D eigenvalue weighted by Crippen LogP contribution is -1.96. The first-order chi connectivity index (χ1) is 10.6. The van der Waals surface area contributed by atoms with Crippen molar-refractivity contribution in [1.82, 2.24) is 10.1 Å². The molecule has 0 spiro atoms. The predicted octanol–water partition coefficient (Wildman–Crippen LogP) is 2.95. The van der Waals surface area contributed by atoms with Crippen LogP contribution in [0, 0.1) is 5.82 Å². The summed E-state index contributed by atoms with van der Waals surface area (Å²) in [6.45, 7) is 0. The number of carboxylic acids is 1. The quantitative estimate of drug-likeness (QED) is 0.772. The second-order valence-electron chi connectivity index (χ2n) is 4.44. The van der Waals surface area contributed by atoms with E-state index in [0.717, 1.165) is 6.07 Å². The summed E-state index contributed by atoms with van der Waals surface area (Å²) in [5, 5.41) is 22.3. The fourth-order valence-electron chi connectivity index (χ4n) is 1.96. The molecule has 110 valence electrons. The van der Waals surface area contributed by atoms with Crippen molar-refractivity contribution in [1.29, 1.82) is 0 Å². The van der Waals surface area contributed by atoms with Crippen molar-refractivity contribution in [3.05, 3.63) is 53.8 Å². The Morgan fingerprint density at radius 2 is 1.95 bits per heavy atom. The molecule has 0 aliphatic heterocycles. The summed E-state index contributed by atoms with van der Waals surface area (Å²) in [6, 6.07) is 9.74. The number of aromatic carboxylic acids is 1. The molecule has 2 N–H and O–H groups in total. The van der Waals surface area contributed by atoms with E-state index in [4.69, 9.17) is 9.63 Å². The zero-order valence-corrected chi connectivity index (χ0v) is 11.0. The number of carboxylic acid groups (broad SMARTS) is 1. The van der Waals surface area contributed by atoms with E-state index in [1.54, 1.807) is 6.07 Å². The standard InChI is InChI=1S/C15H9FN2O4/c16-10-5-2-6-11(19)12(10)14-17-13(18-22-14)8-3-1-4-9(7-8)15(20)21/h1-7,19H,(H,20,21). The maximum atomic E-state index is 13.8. The lowest BCUT2D eigenvalue weighted by atomic mass is 10.1. The van der Waals surface area contributed by atoms with E-state index in [1.165, 1.54) is 30.3 Å². The van der Waals surface area contributed by atoms with Gasteiger partial charge in [-0.3, -0.25) is 0 Å². The van der Waals surface area contributed by atoms with Gasteiger partial charge in [0, 0.05) is 5.56 Å². The Balaban J connectivity index is 2.05. The van der Waals surface area contributed by atoms with Gasteiger partial charge in [0.25, 0.3) is 5.89 Å². The van der Waals surface area contributed by atoms with Crippen molar-refractivity contribution >= 4 is 5.97 Å². The molecule has 0 bridgehead atoms. The van der Waals surface area contributed by atoms with Gasteiger partial charge >= 0.3 is 5.97 Å². The first-order valence-electron chi connectivity index (χ1n) is 6.21. The topological polar surface area (TPSA) is 96.5 Å². The van der Waals surface area contributed by atoms with Gasteiger partial charge in [-0.05, 0) is 24.3 Å². The van der Waals surface area contributed by atoms with Crippen LogP contribution in [-0.2, 0) is 0 Å². The molecule has 0 fully saturated rings. The summed E-state index contributed by atoms with van der Waals surface area (Å²) in [5.74, 6) is -2.20. The SMILES string of the molecule is O=C(O)c1cccc(-c2noc(-c3c(O)cccc3F)n2)c1. The van der Waals surface area contributed by atoms with Gasteiger partial charge in [0.15, 0.2) is 0 Å². The molecule has 1 heterocycles. The number of aromatic nitrogens is 2. The highest BCUT2D eigenvalue weighted by Crippen LogP contribution is 2.31. The molecule has 0 atom stereocenters. The number of rotatable bonds is 3. The van der Waals surface area contributed by atoms with Crippen LogP contribution in [0.4, 0.5) is 4.39 Å². The molecule has 3 rings (SSSR count). The molecule has 0 aliphatic rings. The highest BCUT2D eigenvalue weighted by Gasteiger charge is 2.18. The van der Waals surface area contributed by atoms with Gasteiger partial charge in [0.05, 0.1) is 5.56 Å². The number of carbonyl (C=O) groups is 1. The van der Waals surface area contributed by atoms with Crippen molar-refractivity contribution in [2.45, 2.75) is 0 Å². The third-order valence-electron chi connectivity index (χ3n) is 3.00. The maximum Gasteiger partial charge on any atom is 0.335 e. The van der Waals surface area contributed by atoms with Crippen LogP contribution in [0.15, 0.2) is 47.0 Å². The van der Waals surface area contributed by atoms with Crippen LogP contribution in [0.3, 0.4) is 0 Å². The number of halogens is 1. The average Bonchev–Trinajstić information content (AvgIpc) is 2.97. The van der Waals surface area contributed by atoms with Crippen LogP contribution in [0.1, 0.15) is 10.4 Å². The molecule has 22 heavy (non-hydrogen) atoms. The van der Waals surface area contributed by atoms with Crippen LogP contribution in [0.5, 0.6) is 5.75 Å². The maximum absolute atomic E-state index is 13.8. The van der Waals surface area contributed by atoms with Gasteiger partial charge in [-0.1, -0.05) is 23.4 Å². The third-order valence-corrected chi connectivity index (χ3v) is 3.00. The van der Waals surface area contributed by atoms with E-state index in [1.807, 2.05) is 0 Å². The molecule has 0 radical (unpaired) electrons. The molecular formula is C15H9FN2O4. The molecule has 6 nitrogen and oxygen atoms in total. The second-order valence-corrected chi connectivity index (χ2v) is 4.44. The number of phenols is 1. The number of phenolic OH excluding ortho intramolecular Hbond substituents is 1. The molecule has 7 heteroatoms. The molecule has 0 amide bonds. The van der Waals surface area contributed by atoms with E-state index < -0.39 is 11.8 Å². The summed E-state index contributed by atoms with van der Waals surface area (Å²) in [4.78, 5) is 15.0. The fraction of sp³-hybridized carbons (Fsp3) is 0. The number of benzene rings is 2. The second kappa shape index (κ2) is 5.28. The molecule has 1 aromatic heterocycles. The van der Waals surface area contributed by atoms with Crippen LogP contribution in [0.2, 0.25) is 0 Å². The summed E-state index contributed by atoms with van der Waals surface area (Å²) in [7, 11) is 0. The number of hydrogen-bond donors (Lipinski definition) is 2. The molecule has 2 aromatic carbocycles. The lowest BCUT2D eigenvalue weighted by molar-refractivity contribution is 0.0697. The van der Waals surface area contributed by atoms with Gasteiger partial charge in [-0.2, -0.15) is 4.98 Å². The van der Waals surface area contributed by atoms with E-state index in [-0.39, 0.29) is 28.6 Å². The first kappa shape index (κ1) is 13.7. The van der Waals surface area contributed by atoms with Gasteiger partial charge in [0.1, 0.15) is 17.1 Å². The Labute approximate surface area is 123 Å². The molecule has 0 saturated carbocycles. The molecular weight excluding hydrogens is 291 g/mol. The van der Waals surface area contributed by atoms with Crippen molar-refractivity contribution in [2.24, 2.45) is 0 Å². The monoisotopic (exact) mass is 300 g/mol. The average molecular weight is 300 g/mol. The van der Waals surface area contributed by atoms with E-state index >= 15 is 0 Å². The Bertz CT molecular complexity index is 840. The minimum absolute atomic E-state index is 0.0672. The number of nitrogens with zero attached hydrogens (tertiary/aromatic N) is 2. The highest BCUT2D eigenvalue weighted by atomic mass is 19.1. The number of hydrogen-bond acceptors (Lipinski definition) is 5. The van der Waals surface area contributed by atoms with Crippen molar-refractivity contribution in [3.8, 4) is 28.6 Å². The van der Waals surface area contributed by atoms with Crippen LogP contribution in [0.25, 0.3) is 22.8 Å². The van der Waals surface area contributed by atoms with Gasteiger partial charge < -0.3 is 14.7 Å². The Morgan fingerprint density at radius 3 is 2.68 bits per heavy atom. The Morgan fingerprint density at radius 1 is 1.18 bits per heavy atom. The normalized spacial score (nSPS) is 10.6. The van der Waals surface area contributed by atoms with Crippen LogP contribution in [-0.4, -0.2) is 26.3 Å². The Kier molecular flexibility index (Phi) is 3.30. The van der Waals surface area contributed by atoms with Gasteiger partial charge in [-0.15, -0.1) is 0 Å². The summed E-state index contributed by atoms with van der Waals surface area (Å²) in [5.41, 5.74) is 0.277. The van der Waals surface area contributed by atoms with E-state index in [0.29, 0.717) is 5.56 Å². The van der Waals surface area contributed by atoms with Gasteiger partial charge in [0.2, 0.25) is 5.82 Å². The van der Waals surface area contributed by atoms with E-state index in [9.17, 15) is 14.3 Å². The Hall–Kier alpha value is -3.22. The number of aromatic hydroxyl groups is 1. The van der Waals surface area contributed by atoms with Crippen molar-refractivity contribution in [3.63, 3.8) is 0 Å². The molecule has 3 aromatic rings. The zero-order valence-electron chi connectivity index (χ0n) is 11.0. The summed E-state index contributed by atoms with van der Waals surface area (Å²) >= 11 is 0. The van der Waals surface area contributed by atoms with E-state index in [2.05, 4.69) is 10.1 Å². The van der Waals surface area contributed by atoms with Crippen LogP contribution < -0.4 is 0 Å². The summed E-state index contributed by atoms with van der Waals surface area (Å²) < 4.78 is 18.7. The van der Waals surface area contributed by atoms with Crippen LogP contribution >= 0.6 is 0 Å². The minimum Gasteiger partial charge on any atom is -0.507 e. The van der Waals surface area contributed by atoms with Crippen molar-refractivity contribution < 1.29 is 23.9 Å². The van der Waals surface area contributed by atoms with Crippen molar-refractivity contribution in [2.75, 3.05) is 0 Å². The van der Waals surface area contributed by atoms with Gasteiger partial charge in [-0.25, -0.2) is 9.18 Å². The molecule has 0 unspecified atom stereocenters. The minimum atomic E-state index is -1.09. The predicted molar refractivity (Wildman–Crippen MR) is 73.8 cm³/mol. The molecule has 0 saturated heterocycles. The fourth-order valence-corrected chi connectivity index (χ4v) is 1.96. The smallest absolute Gasteiger partial charge is 0.335 e. The zero-order chi connectivity index (χ0) is 15.7. The third kappa shape index (κ3) is 2.39. The molecule has 0 aliphatic carbocycles.